The van der Waals surface area contributed by atoms with E-state index in [1.165, 1.54) is 5.56 Å². The summed E-state index contributed by atoms with van der Waals surface area (Å²) < 4.78 is 0. The van der Waals surface area contributed by atoms with Gasteiger partial charge in [0.2, 0.25) is 0 Å². The Labute approximate surface area is 142 Å². The fraction of sp³-hybridized carbons (Fsp3) is 0.400. The van der Waals surface area contributed by atoms with E-state index in [9.17, 15) is 0 Å². The third-order valence-corrected chi connectivity index (χ3v) is 4.14. The standard InChI is InChI=1S/C15H18ClN3.2ClH/c1-11-9-17-7-8-19(11)10-12-4-5-14(16)13-3-2-6-18-15(12)13;;/h2-6,11,17H,7-10H2,1H3;2*1H/t11-;;/m0../s1. The number of fused-ring (bicyclic) bond motifs is 1. The number of benzene rings is 1. The van der Waals surface area contributed by atoms with Crippen molar-refractivity contribution in [3.63, 3.8) is 0 Å². The second-order valence-corrected chi connectivity index (χ2v) is 5.54. The van der Waals surface area contributed by atoms with Gasteiger partial charge < -0.3 is 5.32 Å². The highest BCUT2D eigenvalue weighted by Gasteiger charge is 2.19. The van der Waals surface area contributed by atoms with Crippen molar-refractivity contribution in [2.45, 2.75) is 19.5 Å². The molecule has 1 atom stereocenters. The minimum Gasteiger partial charge on any atom is -0.314 e. The van der Waals surface area contributed by atoms with Crippen molar-refractivity contribution in [1.29, 1.82) is 0 Å². The predicted octanol–water partition coefficient (Wildman–Crippen LogP) is 3.53. The third kappa shape index (κ3) is 3.99. The molecule has 0 amide bonds. The van der Waals surface area contributed by atoms with Crippen molar-refractivity contribution in [2.75, 3.05) is 19.6 Å². The molecule has 6 heteroatoms. The minimum absolute atomic E-state index is 0. The number of hydrogen-bond donors (Lipinski definition) is 1. The molecule has 1 aliphatic heterocycles. The molecule has 21 heavy (non-hydrogen) atoms. The number of nitrogens with one attached hydrogen (secondary N) is 1. The zero-order valence-corrected chi connectivity index (χ0v) is 14.3. The topological polar surface area (TPSA) is 28.2 Å². The zero-order chi connectivity index (χ0) is 13.2. The van der Waals surface area contributed by atoms with Gasteiger partial charge in [-0.05, 0) is 30.7 Å². The van der Waals surface area contributed by atoms with E-state index in [0.717, 1.165) is 42.1 Å². The van der Waals surface area contributed by atoms with Crippen molar-refractivity contribution in [3.05, 3.63) is 41.0 Å². The number of nitrogens with zero attached hydrogens (tertiary/aromatic N) is 2. The summed E-state index contributed by atoms with van der Waals surface area (Å²) in [6.07, 6.45) is 1.84. The van der Waals surface area contributed by atoms with Crippen molar-refractivity contribution >= 4 is 47.3 Å². The van der Waals surface area contributed by atoms with Crippen LogP contribution in [0.3, 0.4) is 0 Å². The quantitative estimate of drug-likeness (QED) is 0.900. The van der Waals surface area contributed by atoms with Gasteiger partial charge in [0.05, 0.1) is 5.52 Å². The Morgan fingerprint density at radius 1 is 1.33 bits per heavy atom. The summed E-state index contributed by atoms with van der Waals surface area (Å²) in [5.41, 5.74) is 2.29. The highest BCUT2D eigenvalue weighted by Crippen LogP contribution is 2.26. The minimum atomic E-state index is 0. The molecule has 1 fully saturated rings. The van der Waals surface area contributed by atoms with Crippen LogP contribution in [0.2, 0.25) is 5.02 Å². The molecule has 0 bridgehead atoms. The number of aromatic nitrogens is 1. The lowest BCUT2D eigenvalue weighted by atomic mass is 10.1. The lowest BCUT2D eigenvalue weighted by molar-refractivity contribution is 0.166. The fourth-order valence-electron chi connectivity index (χ4n) is 2.66. The molecule has 1 aromatic heterocycles. The summed E-state index contributed by atoms with van der Waals surface area (Å²) in [7, 11) is 0. The van der Waals surface area contributed by atoms with Gasteiger partial charge in [0, 0.05) is 48.8 Å². The molecule has 3 rings (SSSR count). The SMILES string of the molecule is C[C@H]1CNCCN1Cc1ccc(Cl)c2cccnc12.Cl.Cl. The Morgan fingerprint density at radius 2 is 2.14 bits per heavy atom. The van der Waals surface area contributed by atoms with Gasteiger partial charge in [0.15, 0.2) is 0 Å². The second kappa shape index (κ2) is 8.16. The van der Waals surface area contributed by atoms with Crippen LogP contribution in [0, 0.1) is 0 Å². The molecular weight excluding hydrogens is 329 g/mol. The molecule has 0 radical (unpaired) electrons. The molecule has 1 N–H and O–H groups in total. The number of hydrogen-bond acceptors (Lipinski definition) is 3. The molecule has 0 aliphatic carbocycles. The average molecular weight is 349 g/mol. The largest absolute Gasteiger partial charge is 0.314 e. The van der Waals surface area contributed by atoms with Crippen LogP contribution in [0.5, 0.6) is 0 Å². The van der Waals surface area contributed by atoms with Crippen LogP contribution in [-0.4, -0.2) is 35.6 Å². The lowest BCUT2D eigenvalue weighted by Gasteiger charge is -2.34. The number of halogens is 3. The average Bonchev–Trinajstić information content (AvgIpc) is 2.44. The van der Waals surface area contributed by atoms with Gasteiger partial charge in [0.25, 0.3) is 0 Å². The number of pyridine rings is 1. The van der Waals surface area contributed by atoms with Crippen LogP contribution in [0.25, 0.3) is 10.9 Å². The molecule has 1 aromatic carbocycles. The van der Waals surface area contributed by atoms with E-state index in [4.69, 9.17) is 11.6 Å². The first kappa shape index (κ1) is 18.5. The van der Waals surface area contributed by atoms with E-state index >= 15 is 0 Å². The lowest BCUT2D eigenvalue weighted by Crippen LogP contribution is -2.49. The van der Waals surface area contributed by atoms with Gasteiger partial charge in [-0.2, -0.15) is 0 Å². The highest BCUT2D eigenvalue weighted by molar-refractivity contribution is 6.35. The normalized spacial score (nSPS) is 18.9. The highest BCUT2D eigenvalue weighted by atomic mass is 35.5. The van der Waals surface area contributed by atoms with Crippen LogP contribution in [0.1, 0.15) is 12.5 Å². The first-order chi connectivity index (χ1) is 9.25. The summed E-state index contributed by atoms with van der Waals surface area (Å²) in [6, 6.07) is 8.62. The molecule has 3 nitrogen and oxygen atoms in total. The molecule has 1 aliphatic rings. The molecular formula is C15H20Cl3N3. The summed E-state index contributed by atoms with van der Waals surface area (Å²) in [6.45, 7) is 6.39. The Balaban J connectivity index is 0.00000110. The maximum atomic E-state index is 6.24. The van der Waals surface area contributed by atoms with Crippen LogP contribution in [-0.2, 0) is 6.54 Å². The Bertz CT molecular complexity index is 591. The van der Waals surface area contributed by atoms with E-state index in [2.05, 4.69) is 28.2 Å². The summed E-state index contributed by atoms with van der Waals surface area (Å²) in [4.78, 5) is 7.00. The third-order valence-electron chi connectivity index (χ3n) is 3.81. The second-order valence-electron chi connectivity index (χ2n) is 5.13. The van der Waals surface area contributed by atoms with Crippen LogP contribution >= 0.6 is 36.4 Å². The number of piperazine rings is 1. The molecule has 2 heterocycles. The fourth-order valence-corrected chi connectivity index (χ4v) is 2.88. The maximum Gasteiger partial charge on any atom is 0.0761 e. The maximum absolute atomic E-state index is 6.24. The van der Waals surface area contributed by atoms with E-state index in [1.807, 2.05) is 24.4 Å². The van der Waals surface area contributed by atoms with Crippen LogP contribution in [0.15, 0.2) is 30.5 Å². The molecule has 0 unspecified atom stereocenters. The van der Waals surface area contributed by atoms with Crippen molar-refractivity contribution < 1.29 is 0 Å². The van der Waals surface area contributed by atoms with Crippen LogP contribution in [0.4, 0.5) is 0 Å². The summed E-state index contributed by atoms with van der Waals surface area (Å²) in [5, 5.41) is 5.24. The monoisotopic (exact) mass is 347 g/mol. The van der Waals surface area contributed by atoms with Gasteiger partial charge in [-0.25, -0.2) is 0 Å². The Morgan fingerprint density at radius 3 is 2.90 bits per heavy atom. The number of rotatable bonds is 2. The van der Waals surface area contributed by atoms with E-state index < -0.39 is 0 Å². The van der Waals surface area contributed by atoms with Gasteiger partial charge in [0.1, 0.15) is 0 Å². The van der Waals surface area contributed by atoms with E-state index in [0.29, 0.717) is 6.04 Å². The predicted molar refractivity (Wildman–Crippen MR) is 94.0 cm³/mol. The van der Waals surface area contributed by atoms with E-state index in [1.54, 1.807) is 0 Å². The van der Waals surface area contributed by atoms with Gasteiger partial charge >= 0.3 is 0 Å². The van der Waals surface area contributed by atoms with Gasteiger partial charge in [-0.15, -0.1) is 24.8 Å². The molecule has 2 aromatic rings. The van der Waals surface area contributed by atoms with E-state index in [-0.39, 0.29) is 24.8 Å². The smallest absolute Gasteiger partial charge is 0.0761 e. The van der Waals surface area contributed by atoms with Gasteiger partial charge in [-0.1, -0.05) is 17.7 Å². The summed E-state index contributed by atoms with van der Waals surface area (Å²) >= 11 is 6.24. The molecule has 0 spiro atoms. The zero-order valence-electron chi connectivity index (χ0n) is 11.9. The molecule has 0 saturated carbocycles. The van der Waals surface area contributed by atoms with Crippen molar-refractivity contribution in [1.82, 2.24) is 15.2 Å². The molecule has 1 saturated heterocycles. The first-order valence-corrected chi connectivity index (χ1v) is 7.10. The Kier molecular flexibility index (Phi) is 7.17. The van der Waals surface area contributed by atoms with Gasteiger partial charge in [-0.3, -0.25) is 9.88 Å². The Hall–Kier alpha value is -0.580. The molecule has 116 valence electrons. The van der Waals surface area contributed by atoms with Crippen molar-refractivity contribution in [3.8, 4) is 0 Å². The first-order valence-electron chi connectivity index (χ1n) is 6.72. The van der Waals surface area contributed by atoms with Crippen molar-refractivity contribution in [2.24, 2.45) is 0 Å². The summed E-state index contributed by atoms with van der Waals surface area (Å²) in [5.74, 6) is 0. The van der Waals surface area contributed by atoms with Crippen LogP contribution < -0.4 is 5.32 Å².